The summed E-state index contributed by atoms with van der Waals surface area (Å²) in [7, 11) is 0. The lowest BCUT2D eigenvalue weighted by Crippen LogP contribution is -2.18. The molecule has 4 heteroatoms. The van der Waals surface area contributed by atoms with Crippen molar-refractivity contribution in [1.82, 2.24) is 0 Å². The molecule has 1 fully saturated rings. The largest absolute Gasteiger partial charge is 0.489 e. The van der Waals surface area contributed by atoms with Gasteiger partial charge in [-0.2, -0.15) is 10.5 Å². The van der Waals surface area contributed by atoms with Gasteiger partial charge in [-0.25, -0.2) is 0 Å². The van der Waals surface area contributed by atoms with Crippen molar-refractivity contribution < 1.29 is 4.74 Å². The maximum absolute atomic E-state index is 9.52. The molecule has 0 amide bonds. The minimum atomic E-state index is 0.210. The molecule has 2 aromatic carbocycles. The first-order valence-electron chi connectivity index (χ1n) is 9.32. The molecular formula is C23H23N3O. The van der Waals surface area contributed by atoms with E-state index in [1.807, 2.05) is 65.7 Å². The number of benzene rings is 2. The van der Waals surface area contributed by atoms with Crippen molar-refractivity contribution in [2.75, 3.05) is 11.4 Å². The van der Waals surface area contributed by atoms with Gasteiger partial charge in [0.05, 0.1) is 12.1 Å². The van der Waals surface area contributed by atoms with Crippen molar-refractivity contribution in [2.24, 2.45) is 5.92 Å². The van der Waals surface area contributed by atoms with Crippen molar-refractivity contribution in [3.63, 3.8) is 0 Å². The zero-order valence-corrected chi connectivity index (χ0v) is 15.3. The summed E-state index contributed by atoms with van der Waals surface area (Å²) in [6.45, 7) is 0.727. The Balaban J connectivity index is 1.70. The Morgan fingerprint density at radius 3 is 2.37 bits per heavy atom. The van der Waals surface area contributed by atoms with Crippen LogP contribution in [0, 0.1) is 28.6 Å². The Morgan fingerprint density at radius 2 is 1.74 bits per heavy atom. The third-order valence-corrected chi connectivity index (χ3v) is 4.88. The fraction of sp³-hybridized carbons (Fsp3) is 0.304. The van der Waals surface area contributed by atoms with Gasteiger partial charge in [0.1, 0.15) is 18.9 Å². The van der Waals surface area contributed by atoms with E-state index in [-0.39, 0.29) is 6.54 Å². The van der Waals surface area contributed by atoms with Crippen LogP contribution in [0.4, 0.5) is 5.69 Å². The predicted octanol–water partition coefficient (Wildman–Crippen LogP) is 5.19. The number of hydrogen-bond acceptors (Lipinski definition) is 4. The Kier molecular flexibility index (Phi) is 6.50. The summed E-state index contributed by atoms with van der Waals surface area (Å²) < 4.78 is 5.82. The van der Waals surface area contributed by atoms with Crippen molar-refractivity contribution in [1.29, 1.82) is 10.5 Å². The molecular weight excluding hydrogens is 334 g/mol. The second kappa shape index (κ2) is 9.46. The zero-order chi connectivity index (χ0) is 18.9. The van der Waals surface area contributed by atoms with Crippen LogP contribution in [-0.4, -0.2) is 6.54 Å². The fourth-order valence-corrected chi connectivity index (χ4v) is 3.39. The molecule has 3 rings (SSSR count). The van der Waals surface area contributed by atoms with Gasteiger partial charge in [-0.05, 0) is 48.6 Å². The molecule has 27 heavy (non-hydrogen) atoms. The number of hydrogen-bond donors (Lipinski definition) is 0. The van der Waals surface area contributed by atoms with E-state index in [9.17, 15) is 10.5 Å². The van der Waals surface area contributed by atoms with Crippen LogP contribution in [0.5, 0.6) is 5.75 Å². The standard InChI is InChI=1S/C23H23N3O/c24-14-15-26(17-21(16-25)20-8-4-5-9-20)22-10-12-23(13-11-22)27-18-19-6-2-1-3-7-19/h1-3,6-7,10-13,17,20H,4-5,8-9,15,18H2/b21-17+. The highest BCUT2D eigenvalue weighted by atomic mass is 16.5. The van der Waals surface area contributed by atoms with E-state index in [1.54, 1.807) is 0 Å². The Hall–Kier alpha value is -3.24. The van der Waals surface area contributed by atoms with Crippen LogP contribution in [0.25, 0.3) is 0 Å². The average molecular weight is 357 g/mol. The van der Waals surface area contributed by atoms with E-state index >= 15 is 0 Å². The third-order valence-electron chi connectivity index (χ3n) is 4.88. The maximum atomic E-state index is 9.52. The van der Waals surface area contributed by atoms with Gasteiger partial charge >= 0.3 is 0 Å². The van der Waals surface area contributed by atoms with E-state index in [0.717, 1.165) is 35.4 Å². The minimum absolute atomic E-state index is 0.210. The van der Waals surface area contributed by atoms with Crippen LogP contribution in [0.1, 0.15) is 31.2 Å². The molecule has 0 radical (unpaired) electrons. The molecule has 1 aliphatic carbocycles. The summed E-state index contributed by atoms with van der Waals surface area (Å²) in [5.74, 6) is 1.10. The van der Waals surface area contributed by atoms with Gasteiger partial charge < -0.3 is 9.64 Å². The molecule has 0 saturated heterocycles. The summed E-state index contributed by atoms with van der Waals surface area (Å²) in [4.78, 5) is 1.85. The molecule has 136 valence electrons. The first-order chi connectivity index (χ1) is 13.3. The predicted molar refractivity (Wildman–Crippen MR) is 106 cm³/mol. The molecule has 2 aromatic rings. The fourth-order valence-electron chi connectivity index (χ4n) is 3.39. The molecule has 0 aromatic heterocycles. The first-order valence-corrected chi connectivity index (χ1v) is 9.32. The van der Waals surface area contributed by atoms with Crippen molar-refractivity contribution >= 4 is 5.69 Å². The van der Waals surface area contributed by atoms with Gasteiger partial charge in [0.25, 0.3) is 0 Å². The topological polar surface area (TPSA) is 60.0 Å². The molecule has 0 atom stereocenters. The molecule has 0 spiro atoms. The highest BCUT2D eigenvalue weighted by Crippen LogP contribution is 2.31. The maximum Gasteiger partial charge on any atom is 0.119 e. The van der Waals surface area contributed by atoms with Crippen molar-refractivity contribution in [3.8, 4) is 17.9 Å². The second-order valence-corrected chi connectivity index (χ2v) is 6.73. The van der Waals surface area contributed by atoms with E-state index in [0.29, 0.717) is 12.5 Å². The minimum Gasteiger partial charge on any atom is -0.489 e. The lowest BCUT2D eigenvalue weighted by atomic mass is 9.99. The number of ether oxygens (including phenoxy) is 1. The van der Waals surface area contributed by atoms with Gasteiger partial charge in [0.2, 0.25) is 0 Å². The quantitative estimate of drug-likeness (QED) is 0.505. The smallest absolute Gasteiger partial charge is 0.119 e. The number of allylic oxidation sites excluding steroid dienone is 1. The lowest BCUT2D eigenvalue weighted by molar-refractivity contribution is 0.306. The van der Waals surface area contributed by atoms with Crippen LogP contribution >= 0.6 is 0 Å². The number of anilines is 1. The SMILES string of the molecule is N#CCN(/C=C(\C#N)C1CCCC1)c1ccc(OCc2ccccc2)cc1. The first kappa shape index (κ1) is 18.5. The number of rotatable bonds is 7. The molecule has 0 N–H and O–H groups in total. The third kappa shape index (κ3) is 5.12. The molecule has 4 nitrogen and oxygen atoms in total. The van der Waals surface area contributed by atoms with Gasteiger partial charge in [-0.1, -0.05) is 43.2 Å². The summed E-state index contributed by atoms with van der Waals surface area (Å²) in [6.07, 6.45) is 6.32. The van der Waals surface area contributed by atoms with Crippen molar-refractivity contribution in [3.05, 3.63) is 71.9 Å². The Morgan fingerprint density at radius 1 is 1.04 bits per heavy atom. The van der Waals surface area contributed by atoms with Gasteiger partial charge in [-0.3, -0.25) is 0 Å². The monoisotopic (exact) mass is 357 g/mol. The lowest BCUT2D eigenvalue weighted by Gasteiger charge is -2.20. The van der Waals surface area contributed by atoms with Gasteiger partial charge in [0.15, 0.2) is 0 Å². The second-order valence-electron chi connectivity index (χ2n) is 6.73. The Bertz CT molecular complexity index is 838. The molecule has 0 bridgehead atoms. The zero-order valence-electron chi connectivity index (χ0n) is 15.3. The van der Waals surface area contributed by atoms with E-state index in [2.05, 4.69) is 12.1 Å². The van der Waals surface area contributed by atoms with Gasteiger partial charge in [0, 0.05) is 17.5 Å². The van der Waals surface area contributed by atoms with Crippen LogP contribution in [0.2, 0.25) is 0 Å². The Labute approximate surface area is 160 Å². The highest BCUT2D eigenvalue weighted by Gasteiger charge is 2.20. The summed E-state index contributed by atoms with van der Waals surface area (Å²) in [6, 6.07) is 22.2. The van der Waals surface area contributed by atoms with Crippen LogP contribution < -0.4 is 9.64 Å². The summed E-state index contributed by atoms with van der Waals surface area (Å²) >= 11 is 0. The van der Waals surface area contributed by atoms with Crippen molar-refractivity contribution in [2.45, 2.75) is 32.3 Å². The number of nitriles is 2. The molecule has 1 saturated carbocycles. The molecule has 1 aliphatic rings. The van der Waals surface area contributed by atoms with Crippen LogP contribution in [0.3, 0.4) is 0 Å². The van der Waals surface area contributed by atoms with E-state index in [4.69, 9.17) is 4.74 Å². The number of nitrogens with zero attached hydrogens (tertiary/aromatic N) is 3. The van der Waals surface area contributed by atoms with E-state index < -0.39 is 0 Å². The van der Waals surface area contributed by atoms with E-state index in [1.165, 1.54) is 12.8 Å². The van der Waals surface area contributed by atoms with Gasteiger partial charge in [-0.15, -0.1) is 0 Å². The highest BCUT2D eigenvalue weighted by molar-refractivity contribution is 5.53. The van der Waals surface area contributed by atoms with Crippen LogP contribution in [-0.2, 0) is 6.61 Å². The normalized spacial score (nSPS) is 14.4. The summed E-state index contributed by atoms with van der Waals surface area (Å²) in [5.41, 5.74) is 2.77. The average Bonchev–Trinajstić information content (AvgIpc) is 3.25. The molecule has 0 heterocycles. The summed E-state index contributed by atoms with van der Waals surface area (Å²) in [5, 5.41) is 18.7. The van der Waals surface area contributed by atoms with Crippen LogP contribution in [0.15, 0.2) is 66.4 Å². The molecule has 0 aliphatic heterocycles. The molecule has 0 unspecified atom stereocenters.